The van der Waals surface area contributed by atoms with Crippen LogP contribution in [-0.4, -0.2) is 94.7 Å². The van der Waals surface area contributed by atoms with E-state index in [1.807, 2.05) is 26.1 Å². The Kier molecular flexibility index (Phi) is 38.6. The maximum absolute atomic E-state index is 13.5. The van der Waals surface area contributed by atoms with E-state index in [1.165, 1.54) is 96.2 Å². The van der Waals surface area contributed by atoms with Crippen LogP contribution in [0.1, 0.15) is 270 Å². The minimum Gasteiger partial charge on any atom is -0.462 e. The normalized spacial score (nSPS) is 15.0. The van der Waals surface area contributed by atoms with Crippen molar-refractivity contribution in [1.29, 1.82) is 5.26 Å². The van der Waals surface area contributed by atoms with Gasteiger partial charge in [0, 0.05) is 52.0 Å². The zero-order valence-corrected chi connectivity index (χ0v) is 50.8. The Morgan fingerprint density at radius 2 is 1.15 bits per heavy atom. The van der Waals surface area contributed by atoms with Crippen LogP contribution in [0.4, 0.5) is 5.82 Å². The maximum atomic E-state index is 13.5. The van der Waals surface area contributed by atoms with Gasteiger partial charge in [-0.25, -0.2) is 9.97 Å². The molecule has 80 heavy (non-hydrogen) atoms. The Bertz CT molecular complexity index is 2060. The summed E-state index contributed by atoms with van der Waals surface area (Å²) in [6, 6.07) is 3.84. The number of hydrogen-bond donors (Lipinski definition) is 0. The molecule has 1 amide bonds. The number of carbonyl (C=O) groups excluding carboxylic acids is 5. The van der Waals surface area contributed by atoms with Crippen LogP contribution in [0.5, 0.6) is 0 Å². The van der Waals surface area contributed by atoms with Crippen molar-refractivity contribution < 1.29 is 38.2 Å². The summed E-state index contributed by atoms with van der Waals surface area (Å²) in [5, 5.41) is 9.84. The number of fused-ring (bicyclic) bond motifs is 1. The molecule has 0 N–H and O–H groups in total. The Labute approximate surface area is 484 Å². The number of nitriles is 1. The highest BCUT2D eigenvalue weighted by atomic mass is 16.6. The highest BCUT2D eigenvalue weighted by Crippen LogP contribution is 2.30. The number of piperidine rings is 1. The summed E-state index contributed by atoms with van der Waals surface area (Å²) in [6.07, 6.45) is 48.3. The molecule has 14 nitrogen and oxygen atoms in total. The number of anilines is 1. The van der Waals surface area contributed by atoms with Gasteiger partial charge in [0.25, 0.3) is 0 Å². The molecule has 0 bridgehead atoms. The number of ether oxygens (including phenoxy) is 3. The number of likely N-dealkylation sites (N-methyl/N-ethyl adjacent to an activating group) is 1. The van der Waals surface area contributed by atoms with Crippen LogP contribution < -0.4 is 4.90 Å². The Morgan fingerprint density at radius 3 is 1.68 bits per heavy atom. The van der Waals surface area contributed by atoms with Crippen molar-refractivity contribution in [2.45, 2.75) is 277 Å². The summed E-state index contributed by atoms with van der Waals surface area (Å²) < 4.78 is 18.6. The SMILES string of the molecule is CCCCCCCC/C=C\CCCCCCCC(=O)OCC(COC(=O)CCCCCCC/C=C\CCCCCCCC)OC(=O)CC(C)CCCCCCC(=O)n1ccc2c(N(C)[C@H]3CN(C(=O)CC#N)CC[C@H]3C)ncnc21. The molecule has 2 aromatic rings. The second-order valence-corrected chi connectivity index (χ2v) is 23.0. The number of esters is 3. The third-order valence-electron chi connectivity index (χ3n) is 15.9. The van der Waals surface area contributed by atoms with Gasteiger partial charge in [0.2, 0.25) is 11.8 Å². The highest BCUT2D eigenvalue weighted by Gasteiger charge is 2.33. The Morgan fingerprint density at radius 1 is 0.662 bits per heavy atom. The number of rotatable bonds is 47. The summed E-state index contributed by atoms with van der Waals surface area (Å²) in [6.45, 7) is 9.51. The molecule has 0 aromatic carbocycles. The molecule has 1 unspecified atom stereocenters. The predicted molar refractivity (Wildman–Crippen MR) is 323 cm³/mol. The van der Waals surface area contributed by atoms with E-state index in [-0.39, 0.29) is 61.8 Å². The maximum Gasteiger partial charge on any atom is 0.306 e. The Hall–Kier alpha value is -5.06. The number of carbonyl (C=O) groups is 5. The molecule has 3 rings (SSSR count). The van der Waals surface area contributed by atoms with Crippen molar-refractivity contribution in [2.24, 2.45) is 11.8 Å². The lowest BCUT2D eigenvalue weighted by Crippen LogP contribution is -2.52. The molecule has 0 aliphatic carbocycles. The van der Waals surface area contributed by atoms with Crippen molar-refractivity contribution in [3.63, 3.8) is 0 Å². The van der Waals surface area contributed by atoms with Crippen molar-refractivity contribution >= 4 is 46.6 Å². The van der Waals surface area contributed by atoms with E-state index < -0.39 is 12.1 Å². The second kappa shape index (κ2) is 44.6. The average Bonchev–Trinajstić information content (AvgIpc) is 3.91. The van der Waals surface area contributed by atoms with Gasteiger partial charge in [-0.15, -0.1) is 0 Å². The topological polar surface area (TPSA) is 174 Å². The predicted octanol–water partition coefficient (Wildman–Crippen LogP) is 16.1. The molecule has 2 aromatic heterocycles. The van der Waals surface area contributed by atoms with Gasteiger partial charge >= 0.3 is 17.9 Å². The lowest BCUT2D eigenvalue weighted by Gasteiger charge is -2.42. The van der Waals surface area contributed by atoms with Gasteiger partial charge in [0.1, 0.15) is 31.8 Å². The summed E-state index contributed by atoms with van der Waals surface area (Å²) in [5.74, 6) is -0.236. The molecule has 1 aliphatic rings. The first-order valence-corrected chi connectivity index (χ1v) is 32.0. The first-order chi connectivity index (χ1) is 39.0. The van der Waals surface area contributed by atoms with Crippen molar-refractivity contribution in [3.05, 3.63) is 42.9 Å². The summed E-state index contributed by atoms with van der Waals surface area (Å²) >= 11 is 0. The number of aromatic nitrogens is 3. The van der Waals surface area contributed by atoms with Crippen molar-refractivity contribution in [2.75, 3.05) is 38.3 Å². The van der Waals surface area contributed by atoms with Crippen LogP contribution in [0.25, 0.3) is 11.0 Å². The smallest absolute Gasteiger partial charge is 0.306 e. The molecule has 3 heterocycles. The molecule has 1 fully saturated rings. The van der Waals surface area contributed by atoms with Gasteiger partial charge in [-0.1, -0.05) is 180 Å². The van der Waals surface area contributed by atoms with Crippen LogP contribution in [0.15, 0.2) is 42.9 Å². The zero-order chi connectivity index (χ0) is 57.8. The second-order valence-electron chi connectivity index (χ2n) is 23.0. The summed E-state index contributed by atoms with van der Waals surface area (Å²) in [7, 11) is 1.96. The molecule has 450 valence electrons. The van der Waals surface area contributed by atoms with Crippen LogP contribution in [-0.2, 0) is 33.4 Å². The van der Waals surface area contributed by atoms with E-state index in [2.05, 4.69) is 59.9 Å². The molecule has 0 spiro atoms. The van der Waals surface area contributed by atoms with E-state index >= 15 is 0 Å². The number of amides is 1. The summed E-state index contributed by atoms with van der Waals surface area (Å²) in [5.41, 5.74) is 0.550. The molecule has 0 radical (unpaired) electrons. The van der Waals surface area contributed by atoms with E-state index in [1.54, 1.807) is 15.7 Å². The van der Waals surface area contributed by atoms with E-state index in [0.29, 0.717) is 56.2 Å². The molecule has 0 saturated carbocycles. The first kappa shape index (κ1) is 69.2. The number of unbranched alkanes of at least 4 members (excludes halogenated alkanes) is 25. The van der Waals surface area contributed by atoms with E-state index in [0.717, 1.165) is 115 Å². The van der Waals surface area contributed by atoms with Crippen molar-refractivity contribution in [1.82, 2.24) is 19.4 Å². The minimum absolute atomic E-state index is 0.00383. The van der Waals surface area contributed by atoms with Gasteiger partial charge in [-0.3, -0.25) is 28.5 Å². The third-order valence-corrected chi connectivity index (χ3v) is 15.9. The number of nitrogens with zero attached hydrogens (tertiary/aromatic N) is 6. The van der Waals surface area contributed by atoms with Gasteiger partial charge in [-0.2, -0.15) is 5.26 Å². The number of hydrogen-bond acceptors (Lipinski definition) is 12. The Balaban J connectivity index is 1.37. The average molecular weight is 1110 g/mol. The van der Waals surface area contributed by atoms with Crippen molar-refractivity contribution in [3.8, 4) is 6.07 Å². The fourth-order valence-corrected chi connectivity index (χ4v) is 10.7. The largest absolute Gasteiger partial charge is 0.462 e. The van der Waals surface area contributed by atoms with Crippen LogP contribution in [0.3, 0.4) is 0 Å². The third kappa shape index (κ3) is 30.7. The molecular formula is C66H108N6O8. The molecule has 3 atom stereocenters. The van der Waals surface area contributed by atoms with Crippen LogP contribution >= 0.6 is 0 Å². The molecule has 1 saturated heterocycles. The molecule has 1 aliphatic heterocycles. The van der Waals surface area contributed by atoms with Crippen LogP contribution in [0, 0.1) is 23.2 Å². The van der Waals surface area contributed by atoms with Gasteiger partial charge in [0.15, 0.2) is 11.8 Å². The standard InChI is InChI=1S/C66H108N6O8/c1-6-8-10-12-14-16-18-20-22-24-26-28-30-32-38-42-62(75)78-52-57(53-79-63(76)43-39-33-31-29-27-25-23-21-19-17-15-13-11-9-7-2)80-64(77)50-55(3)40-36-34-35-37-41-61(74)72-49-46-58-65(68-54-69-66(58)72)70(5)59-51-71(48-45-56(59)4)60(73)44-47-67/h20-23,46,49,54-57,59H,6-19,24-45,48,50-53H2,1-5H3/b22-20-,23-21-/t55?,56-,59+/m1/s1. The lowest BCUT2D eigenvalue weighted by atomic mass is 9.92. The van der Waals surface area contributed by atoms with E-state index in [9.17, 15) is 24.0 Å². The van der Waals surface area contributed by atoms with Gasteiger partial charge in [-0.05, 0) is 95.0 Å². The monoisotopic (exact) mass is 1110 g/mol. The molecule has 14 heteroatoms. The van der Waals surface area contributed by atoms with Gasteiger partial charge < -0.3 is 24.0 Å². The minimum atomic E-state index is -0.876. The quantitative estimate of drug-likeness (QED) is 0.0266. The number of allylic oxidation sites excluding steroid dienone is 4. The zero-order valence-electron chi connectivity index (χ0n) is 50.8. The summed E-state index contributed by atoms with van der Waals surface area (Å²) in [4.78, 5) is 77.8. The molecular weight excluding hydrogens is 1000 g/mol. The van der Waals surface area contributed by atoms with Gasteiger partial charge in [0.05, 0.1) is 17.5 Å². The number of likely N-dealkylation sites (tertiary alicyclic amines) is 1. The lowest BCUT2D eigenvalue weighted by molar-refractivity contribution is -0.167. The highest BCUT2D eigenvalue weighted by molar-refractivity contribution is 5.95. The van der Waals surface area contributed by atoms with E-state index in [4.69, 9.17) is 19.5 Å². The fourth-order valence-electron chi connectivity index (χ4n) is 10.7. The first-order valence-electron chi connectivity index (χ1n) is 32.0. The van der Waals surface area contributed by atoms with Crippen LogP contribution in [0.2, 0.25) is 0 Å². The fraction of sp³-hybridized carbons (Fsp3) is 0.758.